The van der Waals surface area contributed by atoms with Gasteiger partial charge in [-0.15, -0.1) is 0 Å². The number of rotatable bonds is 1. The molecule has 1 fully saturated rings. The van der Waals surface area contributed by atoms with E-state index in [9.17, 15) is 4.79 Å². The number of pyridine rings is 1. The minimum absolute atomic E-state index is 0.0839. The number of aromatic nitrogens is 1. The first-order chi connectivity index (χ1) is 7.05. The van der Waals surface area contributed by atoms with Gasteiger partial charge in [0.1, 0.15) is 16.1 Å². The largest absolute Gasteiger partial charge is 0.300 e. The first kappa shape index (κ1) is 10.4. The molecule has 0 N–H and O–H groups in total. The van der Waals surface area contributed by atoms with E-state index in [-0.39, 0.29) is 28.9 Å². The molecule has 0 bridgehead atoms. The van der Waals surface area contributed by atoms with E-state index in [0.717, 1.165) is 0 Å². The van der Waals surface area contributed by atoms with Crippen LogP contribution in [-0.4, -0.2) is 10.8 Å². The summed E-state index contributed by atoms with van der Waals surface area (Å²) < 4.78 is 0. The number of nitrogens with zero attached hydrogens (tertiary/aromatic N) is 2. The van der Waals surface area contributed by atoms with Gasteiger partial charge in [-0.05, 0) is 17.7 Å². The van der Waals surface area contributed by atoms with Gasteiger partial charge in [-0.1, -0.05) is 23.2 Å². The summed E-state index contributed by atoms with van der Waals surface area (Å²) in [7, 11) is 0. The van der Waals surface area contributed by atoms with Crippen LogP contribution in [0, 0.1) is 11.3 Å². The monoisotopic (exact) mass is 240 g/mol. The highest BCUT2D eigenvalue weighted by Gasteiger charge is 2.45. The van der Waals surface area contributed by atoms with Crippen LogP contribution in [0.1, 0.15) is 18.4 Å². The third-order valence-corrected chi connectivity index (χ3v) is 2.91. The van der Waals surface area contributed by atoms with Crippen LogP contribution in [0.5, 0.6) is 0 Å². The Morgan fingerprint density at radius 2 is 1.87 bits per heavy atom. The van der Waals surface area contributed by atoms with Crippen LogP contribution >= 0.6 is 23.2 Å². The quantitative estimate of drug-likeness (QED) is 0.710. The summed E-state index contributed by atoms with van der Waals surface area (Å²) in [6, 6.07) is 5.32. The molecule has 76 valence electrons. The van der Waals surface area contributed by atoms with Crippen LogP contribution in [0.3, 0.4) is 0 Å². The molecule has 0 unspecified atom stereocenters. The zero-order chi connectivity index (χ0) is 11.1. The molecule has 1 aromatic rings. The van der Waals surface area contributed by atoms with Crippen LogP contribution in [-0.2, 0) is 10.2 Å². The van der Waals surface area contributed by atoms with E-state index >= 15 is 0 Å². The molecule has 0 saturated heterocycles. The third kappa shape index (κ3) is 1.71. The van der Waals surface area contributed by atoms with Gasteiger partial charge in [0.05, 0.1) is 11.5 Å². The van der Waals surface area contributed by atoms with Gasteiger partial charge in [0.2, 0.25) is 0 Å². The maximum Gasteiger partial charge on any atom is 0.136 e. The number of ketones is 1. The Labute approximate surface area is 96.6 Å². The van der Waals surface area contributed by atoms with Gasteiger partial charge in [-0.3, -0.25) is 4.79 Å². The first-order valence-corrected chi connectivity index (χ1v) is 5.08. The fraction of sp³-hybridized carbons (Fsp3) is 0.300. The average Bonchev–Trinajstić information content (AvgIpc) is 2.10. The standard InChI is InChI=1S/C10H6Cl2N2O/c11-8-1-6(2-9(12)14-8)10(5-13)3-7(15)4-10/h1-2H,3-4H2. The van der Waals surface area contributed by atoms with Crippen molar-refractivity contribution < 1.29 is 4.79 Å². The van der Waals surface area contributed by atoms with E-state index in [4.69, 9.17) is 28.5 Å². The molecule has 1 aliphatic rings. The highest BCUT2D eigenvalue weighted by atomic mass is 35.5. The van der Waals surface area contributed by atoms with Gasteiger partial charge < -0.3 is 0 Å². The molecule has 15 heavy (non-hydrogen) atoms. The number of carbonyl (C=O) groups is 1. The molecule has 1 heterocycles. The number of hydrogen-bond donors (Lipinski definition) is 0. The second-order valence-corrected chi connectivity index (χ2v) is 4.36. The van der Waals surface area contributed by atoms with Crippen molar-refractivity contribution in [2.75, 3.05) is 0 Å². The molecule has 0 spiro atoms. The number of Topliss-reactive ketones (excluding diaryl/α,β-unsaturated/α-hetero) is 1. The van der Waals surface area contributed by atoms with Crippen LogP contribution in [0.25, 0.3) is 0 Å². The Morgan fingerprint density at radius 3 is 2.27 bits per heavy atom. The zero-order valence-electron chi connectivity index (χ0n) is 7.63. The molecular weight excluding hydrogens is 235 g/mol. The highest BCUT2D eigenvalue weighted by Crippen LogP contribution is 2.41. The molecule has 0 amide bonds. The summed E-state index contributed by atoms with van der Waals surface area (Å²) in [5.41, 5.74) is -0.0672. The van der Waals surface area contributed by atoms with E-state index < -0.39 is 5.41 Å². The predicted molar refractivity (Wildman–Crippen MR) is 55.8 cm³/mol. The molecule has 5 heteroatoms. The predicted octanol–water partition coefficient (Wildman–Crippen LogP) is 2.51. The minimum Gasteiger partial charge on any atom is -0.300 e. The number of nitriles is 1. The second kappa shape index (κ2) is 3.48. The summed E-state index contributed by atoms with van der Waals surface area (Å²) in [6.45, 7) is 0. The number of carbonyl (C=O) groups excluding carboxylic acids is 1. The van der Waals surface area contributed by atoms with Gasteiger partial charge in [0.15, 0.2) is 0 Å². The lowest BCUT2D eigenvalue weighted by Gasteiger charge is -2.34. The minimum atomic E-state index is -0.743. The Bertz CT molecular complexity index is 451. The van der Waals surface area contributed by atoms with Crippen LogP contribution in [0.15, 0.2) is 12.1 Å². The Balaban J connectivity index is 2.45. The maximum atomic E-state index is 11.0. The number of halogens is 2. The van der Waals surface area contributed by atoms with Crippen molar-refractivity contribution in [3.05, 3.63) is 28.0 Å². The SMILES string of the molecule is N#CC1(c2cc(Cl)nc(Cl)c2)CC(=O)C1. The van der Waals surface area contributed by atoms with Gasteiger partial charge in [-0.2, -0.15) is 5.26 Å². The molecular formula is C10H6Cl2N2O. The van der Waals surface area contributed by atoms with E-state index in [1.807, 2.05) is 0 Å². The van der Waals surface area contributed by atoms with E-state index in [1.165, 1.54) is 0 Å². The van der Waals surface area contributed by atoms with Crippen molar-refractivity contribution >= 4 is 29.0 Å². The average molecular weight is 241 g/mol. The second-order valence-electron chi connectivity index (χ2n) is 3.59. The fourth-order valence-electron chi connectivity index (χ4n) is 1.71. The Morgan fingerprint density at radius 1 is 1.33 bits per heavy atom. The van der Waals surface area contributed by atoms with Crippen molar-refractivity contribution in [1.82, 2.24) is 4.98 Å². The van der Waals surface area contributed by atoms with Crippen LogP contribution in [0.4, 0.5) is 0 Å². The smallest absolute Gasteiger partial charge is 0.136 e. The van der Waals surface area contributed by atoms with Gasteiger partial charge in [0.25, 0.3) is 0 Å². The van der Waals surface area contributed by atoms with Crippen molar-refractivity contribution in [3.63, 3.8) is 0 Å². The molecule has 0 aliphatic heterocycles. The van der Waals surface area contributed by atoms with Crippen LogP contribution in [0.2, 0.25) is 10.3 Å². The Hall–Kier alpha value is -1.11. The highest BCUT2D eigenvalue weighted by molar-refractivity contribution is 6.32. The molecule has 2 rings (SSSR count). The molecule has 1 aromatic heterocycles. The lowest BCUT2D eigenvalue weighted by Crippen LogP contribution is -2.40. The number of hydrogen-bond acceptors (Lipinski definition) is 3. The normalized spacial score (nSPS) is 18.1. The molecule has 1 saturated carbocycles. The molecule has 0 radical (unpaired) electrons. The summed E-state index contributed by atoms with van der Waals surface area (Å²) in [5, 5.41) is 9.56. The van der Waals surface area contributed by atoms with Crippen molar-refractivity contribution in [3.8, 4) is 6.07 Å². The van der Waals surface area contributed by atoms with E-state index in [0.29, 0.717) is 5.56 Å². The fourth-order valence-corrected chi connectivity index (χ4v) is 2.17. The van der Waals surface area contributed by atoms with Crippen LogP contribution < -0.4 is 0 Å². The third-order valence-electron chi connectivity index (χ3n) is 2.53. The topological polar surface area (TPSA) is 53.8 Å². The van der Waals surface area contributed by atoms with Gasteiger partial charge in [0, 0.05) is 12.8 Å². The molecule has 1 aliphatic carbocycles. The summed E-state index contributed by atoms with van der Waals surface area (Å²) >= 11 is 11.5. The van der Waals surface area contributed by atoms with Gasteiger partial charge in [-0.25, -0.2) is 4.98 Å². The van der Waals surface area contributed by atoms with Crippen molar-refractivity contribution in [2.24, 2.45) is 0 Å². The first-order valence-electron chi connectivity index (χ1n) is 4.32. The summed E-state index contributed by atoms with van der Waals surface area (Å²) in [6.07, 6.45) is 0.473. The lowest BCUT2D eigenvalue weighted by molar-refractivity contribution is -0.126. The summed E-state index contributed by atoms with van der Waals surface area (Å²) in [4.78, 5) is 14.8. The summed E-state index contributed by atoms with van der Waals surface area (Å²) in [5.74, 6) is 0.0839. The van der Waals surface area contributed by atoms with Crippen molar-refractivity contribution in [2.45, 2.75) is 18.3 Å². The lowest BCUT2D eigenvalue weighted by atomic mass is 9.65. The van der Waals surface area contributed by atoms with Crippen molar-refractivity contribution in [1.29, 1.82) is 5.26 Å². The zero-order valence-corrected chi connectivity index (χ0v) is 9.14. The molecule has 0 aromatic carbocycles. The van der Waals surface area contributed by atoms with E-state index in [1.54, 1.807) is 12.1 Å². The molecule has 0 atom stereocenters. The van der Waals surface area contributed by atoms with E-state index in [2.05, 4.69) is 11.1 Å². The van der Waals surface area contributed by atoms with Gasteiger partial charge >= 0.3 is 0 Å². The Kier molecular flexibility index (Phi) is 2.41. The maximum absolute atomic E-state index is 11.0. The molecule has 3 nitrogen and oxygen atoms in total.